The van der Waals surface area contributed by atoms with Crippen LogP contribution < -0.4 is 10.1 Å². The van der Waals surface area contributed by atoms with E-state index in [1.54, 1.807) is 19.2 Å². The number of piperidine rings is 1. The highest BCUT2D eigenvalue weighted by Crippen LogP contribution is 2.30. The van der Waals surface area contributed by atoms with E-state index in [0.717, 1.165) is 29.7 Å². The zero-order valence-corrected chi connectivity index (χ0v) is 17.6. The molecule has 1 N–H and O–H groups in total. The van der Waals surface area contributed by atoms with Gasteiger partial charge < -0.3 is 15.0 Å². The second kappa shape index (κ2) is 9.74. The fourth-order valence-corrected chi connectivity index (χ4v) is 3.84. The maximum Gasteiger partial charge on any atom is 0.227 e. The lowest BCUT2D eigenvalue weighted by atomic mass is 9.80. The van der Waals surface area contributed by atoms with Gasteiger partial charge in [0.05, 0.1) is 12.5 Å². The largest absolute Gasteiger partial charge is 0.497 e. The molecule has 2 aromatic rings. The van der Waals surface area contributed by atoms with Crippen molar-refractivity contribution in [1.82, 2.24) is 10.2 Å². The summed E-state index contributed by atoms with van der Waals surface area (Å²) in [4.78, 5) is 27.4. The molecule has 1 aliphatic rings. The minimum atomic E-state index is -0.617. The summed E-state index contributed by atoms with van der Waals surface area (Å²) in [5.41, 5.74) is 1.31. The summed E-state index contributed by atoms with van der Waals surface area (Å²) in [5, 5.41) is 2.95. The highest BCUT2D eigenvalue weighted by molar-refractivity contribution is 5.84. The van der Waals surface area contributed by atoms with Crippen LogP contribution in [0.1, 0.15) is 37.3 Å². The number of carbonyl (C=O) groups is 2. The van der Waals surface area contributed by atoms with Crippen LogP contribution in [-0.2, 0) is 22.6 Å². The molecule has 2 amide bonds. The smallest absolute Gasteiger partial charge is 0.227 e. The van der Waals surface area contributed by atoms with Gasteiger partial charge in [0.15, 0.2) is 0 Å². The predicted octanol–water partition coefficient (Wildman–Crippen LogP) is 3.71. The lowest BCUT2D eigenvalue weighted by molar-refractivity contribution is -0.140. The van der Waals surface area contributed by atoms with Crippen molar-refractivity contribution >= 4 is 11.8 Å². The van der Waals surface area contributed by atoms with Gasteiger partial charge in [0.1, 0.15) is 11.6 Å². The van der Waals surface area contributed by atoms with Gasteiger partial charge in [-0.3, -0.25) is 9.59 Å². The summed E-state index contributed by atoms with van der Waals surface area (Å²) in [6.07, 6.45) is 2.62. The molecule has 0 bridgehead atoms. The number of nitrogens with zero attached hydrogens (tertiary/aromatic N) is 1. The number of hydrogen-bond donors (Lipinski definition) is 1. The molecule has 0 saturated carbocycles. The molecule has 2 aromatic carbocycles. The Labute approximate surface area is 177 Å². The van der Waals surface area contributed by atoms with Crippen molar-refractivity contribution in [3.63, 3.8) is 0 Å². The van der Waals surface area contributed by atoms with E-state index in [9.17, 15) is 14.0 Å². The van der Waals surface area contributed by atoms with Crippen molar-refractivity contribution in [3.8, 4) is 5.75 Å². The minimum absolute atomic E-state index is 0.0699. The maximum absolute atomic E-state index is 13.0. The van der Waals surface area contributed by atoms with Gasteiger partial charge in [-0.1, -0.05) is 24.3 Å². The molecular formula is C24H29FN2O3. The van der Waals surface area contributed by atoms with E-state index in [2.05, 4.69) is 5.32 Å². The Morgan fingerprint density at radius 1 is 1.10 bits per heavy atom. The Balaban J connectivity index is 1.52. The van der Waals surface area contributed by atoms with Crippen molar-refractivity contribution in [3.05, 3.63) is 65.5 Å². The van der Waals surface area contributed by atoms with E-state index in [-0.39, 0.29) is 17.6 Å². The molecule has 1 fully saturated rings. The van der Waals surface area contributed by atoms with Crippen LogP contribution in [0.25, 0.3) is 0 Å². The molecule has 0 spiro atoms. The van der Waals surface area contributed by atoms with Crippen LogP contribution in [-0.4, -0.2) is 36.9 Å². The van der Waals surface area contributed by atoms with Gasteiger partial charge in [-0.2, -0.15) is 0 Å². The Hall–Kier alpha value is -2.89. The van der Waals surface area contributed by atoms with Crippen LogP contribution in [0.15, 0.2) is 48.5 Å². The van der Waals surface area contributed by atoms with Gasteiger partial charge in [0, 0.05) is 26.1 Å². The average molecular weight is 413 g/mol. The molecule has 1 saturated heterocycles. The standard InChI is InChI=1S/C24H29FN2O3/c1-24(23(29)26-16-19-4-9-20(25)10-5-19)14-3-15-27(17-24)22(28)13-8-18-6-11-21(30-2)12-7-18/h4-7,9-12H,3,8,13-17H2,1-2H3,(H,26,29)/t24-/m0/s1. The van der Waals surface area contributed by atoms with Crippen molar-refractivity contribution in [2.45, 2.75) is 39.2 Å². The lowest BCUT2D eigenvalue weighted by Crippen LogP contribution is -2.51. The van der Waals surface area contributed by atoms with Crippen molar-refractivity contribution in [2.24, 2.45) is 5.41 Å². The van der Waals surface area contributed by atoms with Gasteiger partial charge in [-0.05, 0) is 61.6 Å². The van der Waals surface area contributed by atoms with E-state index in [1.807, 2.05) is 36.1 Å². The second-order valence-electron chi connectivity index (χ2n) is 8.14. The Kier molecular flexibility index (Phi) is 7.08. The summed E-state index contributed by atoms with van der Waals surface area (Å²) < 4.78 is 18.2. The number of ether oxygens (including phenoxy) is 1. The number of likely N-dealkylation sites (tertiary alicyclic amines) is 1. The first-order valence-corrected chi connectivity index (χ1v) is 10.3. The fraction of sp³-hybridized carbons (Fsp3) is 0.417. The van der Waals surface area contributed by atoms with Crippen LogP contribution in [0.4, 0.5) is 4.39 Å². The van der Waals surface area contributed by atoms with Crippen LogP contribution in [0.2, 0.25) is 0 Å². The normalized spacial score (nSPS) is 18.7. The molecule has 0 radical (unpaired) electrons. The third kappa shape index (κ3) is 5.59. The van der Waals surface area contributed by atoms with Crippen LogP contribution >= 0.6 is 0 Å². The maximum atomic E-state index is 13.0. The number of benzene rings is 2. The Bertz CT molecular complexity index is 867. The molecule has 30 heavy (non-hydrogen) atoms. The zero-order chi connectivity index (χ0) is 21.6. The van der Waals surface area contributed by atoms with Crippen molar-refractivity contribution < 1.29 is 18.7 Å². The topological polar surface area (TPSA) is 58.6 Å². The highest BCUT2D eigenvalue weighted by Gasteiger charge is 2.39. The van der Waals surface area contributed by atoms with Gasteiger partial charge in [-0.15, -0.1) is 0 Å². The first-order valence-electron chi connectivity index (χ1n) is 10.3. The predicted molar refractivity (Wildman–Crippen MR) is 113 cm³/mol. The minimum Gasteiger partial charge on any atom is -0.497 e. The number of amides is 2. The van der Waals surface area contributed by atoms with Gasteiger partial charge in [0.25, 0.3) is 0 Å². The second-order valence-corrected chi connectivity index (χ2v) is 8.14. The molecule has 1 aliphatic heterocycles. The number of rotatable bonds is 7. The molecule has 160 valence electrons. The molecule has 5 nitrogen and oxygen atoms in total. The number of nitrogens with one attached hydrogen (secondary N) is 1. The molecule has 3 rings (SSSR count). The lowest BCUT2D eigenvalue weighted by Gasteiger charge is -2.39. The number of aryl methyl sites for hydroxylation is 1. The summed E-state index contributed by atoms with van der Waals surface area (Å²) in [6.45, 7) is 3.36. The van der Waals surface area contributed by atoms with E-state index in [1.165, 1.54) is 12.1 Å². The molecule has 6 heteroatoms. The van der Waals surface area contributed by atoms with E-state index in [0.29, 0.717) is 32.5 Å². The summed E-state index contributed by atoms with van der Waals surface area (Å²) in [7, 11) is 1.63. The molecule has 0 aromatic heterocycles. The van der Waals surface area contributed by atoms with E-state index < -0.39 is 5.41 Å². The SMILES string of the molecule is COc1ccc(CCC(=O)N2CCC[C@](C)(C(=O)NCc3ccc(F)cc3)C2)cc1. The third-order valence-electron chi connectivity index (χ3n) is 5.75. The van der Waals surface area contributed by atoms with E-state index >= 15 is 0 Å². The number of halogens is 1. The molecule has 1 atom stereocenters. The Morgan fingerprint density at radius 2 is 1.77 bits per heavy atom. The van der Waals surface area contributed by atoms with Gasteiger partial charge >= 0.3 is 0 Å². The monoisotopic (exact) mass is 412 g/mol. The summed E-state index contributed by atoms with van der Waals surface area (Å²) in [6, 6.07) is 13.8. The summed E-state index contributed by atoms with van der Waals surface area (Å²) in [5.74, 6) is 0.499. The van der Waals surface area contributed by atoms with Crippen molar-refractivity contribution in [2.75, 3.05) is 20.2 Å². The quantitative estimate of drug-likeness (QED) is 0.754. The van der Waals surface area contributed by atoms with Crippen LogP contribution in [0.3, 0.4) is 0 Å². The molecule has 1 heterocycles. The molecule has 0 aliphatic carbocycles. The first-order chi connectivity index (χ1) is 14.4. The van der Waals surface area contributed by atoms with Gasteiger partial charge in [-0.25, -0.2) is 4.39 Å². The molecular weight excluding hydrogens is 383 g/mol. The third-order valence-corrected chi connectivity index (χ3v) is 5.75. The Morgan fingerprint density at radius 3 is 2.43 bits per heavy atom. The number of carbonyl (C=O) groups excluding carboxylic acids is 2. The number of methoxy groups -OCH3 is 1. The first kappa shape index (κ1) is 21.8. The fourth-order valence-electron chi connectivity index (χ4n) is 3.84. The zero-order valence-electron chi connectivity index (χ0n) is 17.6. The van der Waals surface area contributed by atoms with Crippen LogP contribution in [0, 0.1) is 11.2 Å². The summed E-state index contributed by atoms with van der Waals surface area (Å²) >= 11 is 0. The molecule has 0 unspecified atom stereocenters. The average Bonchev–Trinajstić information content (AvgIpc) is 2.77. The van der Waals surface area contributed by atoms with E-state index in [4.69, 9.17) is 4.74 Å². The van der Waals surface area contributed by atoms with Crippen molar-refractivity contribution in [1.29, 1.82) is 0 Å². The highest BCUT2D eigenvalue weighted by atomic mass is 19.1. The van der Waals surface area contributed by atoms with Crippen LogP contribution in [0.5, 0.6) is 5.75 Å². The number of hydrogen-bond acceptors (Lipinski definition) is 3. The van der Waals surface area contributed by atoms with Gasteiger partial charge in [0.2, 0.25) is 11.8 Å².